The predicted molar refractivity (Wildman–Crippen MR) is 59.0 cm³/mol. The van der Waals surface area contributed by atoms with Crippen LogP contribution < -0.4 is 5.32 Å². The molecule has 0 bridgehead atoms. The molecule has 1 amide bonds. The average molecular weight is 216 g/mol. The Labute approximate surface area is 90.9 Å². The monoisotopic (exact) mass is 216 g/mol. The Balaban J connectivity index is 2.14. The number of para-hydroxylation sites is 1. The summed E-state index contributed by atoms with van der Waals surface area (Å²) in [7, 11) is 0. The summed E-state index contributed by atoms with van der Waals surface area (Å²) >= 11 is 1.37. The fraction of sp³-hybridized carbons (Fsp3) is 0.0909. The number of fused-ring (bicyclic) bond motifs is 1. The van der Waals surface area contributed by atoms with Crippen molar-refractivity contribution in [2.24, 2.45) is 0 Å². The lowest BCUT2D eigenvalue weighted by Crippen LogP contribution is -2.12. The third-order valence-corrected chi connectivity index (χ3v) is 3.18. The van der Waals surface area contributed by atoms with E-state index in [4.69, 9.17) is 0 Å². The smallest absolute Gasteiger partial charge is 0.236 e. The summed E-state index contributed by atoms with van der Waals surface area (Å²) in [6.07, 6.45) is 1.76. The summed E-state index contributed by atoms with van der Waals surface area (Å²) in [6.45, 7) is 0. The van der Waals surface area contributed by atoms with Crippen LogP contribution in [0.25, 0.3) is 0 Å². The molecule has 1 atom stereocenters. The maximum Gasteiger partial charge on any atom is 0.236 e. The largest absolute Gasteiger partial charge is 0.325 e. The molecule has 1 unspecified atom stereocenters. The zero-order valence-electron chi connectivity index (χ0n) is 7.81. The summed E-state index contributed by atoms with van der Waals surface area (Å²) < 4.78 is 4.04. The Morgan fingerprint density at radius 2 is 2.20 bits per heavy atom. The minimum Gasteiger partial charge on any atom is -0.325 e. The number of rotatable bonds is 1. The second kappa shape index (κ2) is 3.17. The van der Waals surface area contributed by atoms with Crippen LogP contribution in [0.15, 0.2) is 35.8 Å². The van der Waals surface area contributed by atoms with Crippen LogP contribution in [0.4, 0.5) is 5.69 Å². The van der Waals surface area contributed by atoms with Gasteiger partial charge in [0.2, 0.25) is 5.91 Å². The maximum atomic E-state index is 11.8. The van der Waals surface area contributed by atoms with Crippen LogP contribution in [-0.2, 0) is 4.79 Å². The highest BCUT2D eigenvalue weighted by molar-refractivity contribution is 7.03. The zero-order chi connectivity index (χ0) is 10.3. The van der Waals surface area contributed by atoms with Crippen molar-refractivity contribution < 1.29 is 4.79 Å². The van der Waals surface area contributed by atoms with Crippen molar-refractivity contribution in [2.45, 2.75) is 5.92 Å². The molecule has 1 aliphatic rings. The summed E-state index contributed by atoms with van der Waals surface area (Å²) in [5.41, 5.74) is 2.93. The third kappa shape index (κ3) is 1.26. The summed E-state index contributed by atoms with van der Waals surface area (Å²) in [5, 5.41) is 4.80. The van der Waals surface area contributed by atoms with E-state index in [9.17, 15) is 4.79 Å². The lowest BCUT2D eigenvalue weighted by Gasteiger charge is -2.04. The predicted octanol–water partition coefficient (Wildman–Crippen LogP) is 2.23. The van der Waals surface area contributed by atoms with Crippen molar-refractivity contribution in [2.75, 3.05) is 5.32 Å². The van der Waals surface area contributed by atoms with Gasteiger partial charge >= 0.3 is 0 Å². The van der Waals surface area contributed by atoms with Gasteiger partial charge in [0.15, 0.2) is 0 Å². The number of nitrogens with one attached hydrogen (secondary N) is 1. The molecule has 0 spiro atoms. The van der Waals surface area contributed by atoms with Gasteiger partial charge in [-0.15, -0.1) is 0 Å². The van der Waals surface area contributed by atoms with Crippen molar-refractivity contribution in [3.05, 3.63) is 47.0 Å². The minimum absolute atomic E-state index is 0.0383. The number of carbonyl (C=O) groups is 1. The molecule has 2 aromatic rings. The van der Waals surface area contributed by atoms with E-state index in [0.717, 1.165) is 16.8 Å². The third-order valence-electron chi connectivity index (χ3n) is 2.58. The van der Waals surface area contributed by atoms with Crippen molar-refractivity contribution in [3.8, 4) is 0 Å². The van der Waals surface area contributed by atoms with Crippen LogP contribution in [0.2, 0.25) is 0 Å². The zero-order valence-corrected chi connectivity index (χ0v) is 8.62. The number of benzene rings is 1. The SMILES string of the molecule is O=C1Nc2ccccc2C1c1cnsc1. The molecular formula is C11H8N2OS. The first-order valence-electron chi connectivity index (χ1n) is 4.65. The molecule has 1 N–H and O–H groups in total. The van der Waals surface area contributed by atoms with Crippen LogP contribution in [0, 0.1) is 0 Å². The van der Waals surface area contributed by atoms with Gasteiger partial charge in [-0.1, -0.05) is 18.2 Å². The first-order chi connectivity index (χ1) is 7.36. The van der Waals surface area contributed by atoms with Crippen molar-refractivity contribution in [1.29, 1.82) is 0 Å². The maximum absolute atomic E-state index is 11.8. The van der Waals surface area contributed by atoms with Gasteiger partial charge in [-0.25, -0.2) is 4.37 Å². The van der Waals surface area contributed by atoms with Gasteiger partial charge in [0.05, 0.1) is 5.92 Å². The van der Waals surface area contributed by atoms with Gasteiger partial charge in [0.1, 0.15) is 0 Å². The summed E-state index contributed by atoms with van der Waals surface area (Å²) in [6, 6.07) is 7.78. The fourth-order valence-electron chi connectivity index (χ4n) is 1.90. The molecular weight excluding hydrogens is 208 g/mol. The first kappa shape index (κ1) is 8.61. The highest BCUT2D eigenvalue weighted by Crippen LogP contribution is 2.36. The molecule has 3 rings (SSSR count). The Hall–Kier alpha value is -1.68. The van der Waals surface area contributed by atoms with E-state index in [1.54, 1.807) is 6.20 Å². The molecule has 1 aromatic heterocycles. The number of anilines is 1. The molecule has 0 aliphatic carbocycles. The molecule has 1 aliphatic heterocycles. The highest BCUT2D eigenvalue weighted by atomic mass is 32.1. The van der Waals surface area contributed by atoms with E-state index in [0.29, 0.717) is 0 Å². The number of aromatic nitrogens is 1. The van der Waals surface area contributed by atoms with E-state index in [1.165, 1.54) is 11.5 Å². The summed E-state index contributed by atoms with van der Waals surface area (Å²) in [4.78, 5) is 11.8. The van der Waals surface area contributed by atoms with Crippen LogP contribution in [0.3, 0.4) is 0 Å². The fourth-order valence-corrected chi connectivity index (χ4v) is 2.46. The second-order valence-corrected chi connectivity index (χ2v) is 4.12. The molecule has 4 heteroatoms. The Kier molecular flexibility index (Phi) is 1.82. The lowest BCUT2D eigenvalue weighted by molar-refractivity contribution is -0.116. The molecule has 0 saturated heterocycles. The van der Waals surface area contributed by atoms with Crippen molar-refractivity contribution in [3.63, 3.8) is 0 Å². The Bertz CT molecular complexity index is 507. The van der Waals surface area contributed by atoms with Gasteiger partial charge in [-0.3, -0.25) is 4.79 Å². The molecule has 3 nitrogen and oxygen atoms in total. The van der Waals surface area contributed by atoms with E-state index in [2.05, 4.69) is 9.69 Å². The number of amides is 1. The van der Waals surface area contributed by atoms with Crippen LogP contribution in [-0.4, -0.2) is 10.3 Å². The van der Waals surface area contributed by atoms with Crippen LogP contribution in [0.1, 0.15) is 17.0 Å². The molecule has 0 radical (unpaired) electrons. The molecule has 0 fully saturated rings. The van der Waals surface area contributed by atoms with Crippen molar-refractivity contribution >= 4 is 23.1 Å². The van der Waals surface area contributed by atoms with Gasteiger partial charge in [0.25, 0.3) is 0 Å². The Morgan fingerprint density at radius 1 is 1.33 bits per heavy atom. The minimum atomic E-state index is -0.181. The van der Waals surface area contributed by atoms with Crippen LogP contribution >= 0.6 is 11.5 Å². The van der Waals surface area contributed by atoms with E-state index < -0.39 is 0 Å². The topological polar surface area (TPSA) is 42.0 Å². The van der Waals surface area contributed by atoms with E-state index in [1.807, 2.05) is 29.6 Å². The average Bonchev–Trinajstić information content (AvgIpc) is 2.82. The van der Waals surface area contributed by atoms with Gasteiger partial charge < -0.3 is 5.32 Å². The quantitative estimate of drug-likeness (QED) is 0.794. The van der Waals surface area contributed by atoms with E-state index in [-0.39, 0.29) is 11.8 Å². The number of nitrogens with zero attached hydrogens (tertiary/aromatic N) is 1. The number of carbonyl (C=O) groups excluding carboxylic acids is 1. The lowest BCUT2D eigenvalue weighted by atomic mass is 9.95. The molecule has 74 valence electrons. The van der Waals surface area contributed by atoms with Crippen LogP contribution in [0.5, 0.6) is 0 Å². The van der Waals surface area contributed by atoms with Gasteiger partial charge in [-0.2, -0.15) is 0 Å². The summed E-state index contributed by atoms with van der Waals surface area (Å²) in [5.74, 6) is -0.142. The first-order valence-corrected chi connectivity index (χ1v) is 5.49. The van der Waals surface area contributed by atoms with E-state index >= 15 is 0 Å². The van der Waals surface area contributed by atoms with Gasteiger partial charge in [0, 0.05) is 17.3 Å². The normalized spacial score (nSPS) is 18.7. The standard InChI is InChI=1S/C11H8N2OS/c14-11-10(7-5-12-15-6-7)8-3-1-2-4-9(8)13-11/h1-6,10H,(H,13,14). The van der Waals surface area contributed by atoms with Gasteiger partial charge in [-0.05, 0) is 28.7 Å². The molecule has 0 saturated carbocycles. The molecule has 1 aromatic carbocycles. The number of hydrogen-bond donors (Lipinski definition) is 1. The molecule has 2 heterocycles. The second-order valence-electron chi connectivity index (χ2n) is 3.47. The number of hydrogen-bond acceptors (Lipinski definition) is 3. The Morgan fingerprint density at radius 3 is 3.00 bits per heavy atom. The van der Waals surface area contributed by atoms with Crippen molar-refractivity contribution in [1.82, 2.24) is 4.37 Å². The highest BCUT2D eigenvalue weighted by Gasteiger charge is 2.31. The molecule has 15 heavy (non-hydrogen) atoms.